The van der Waals surface area contributed by atoms with Gasteiger partial charge in [-0.05, 0) is 44.7 Å². The molecule has 2 amide bonds. The van der Waals surface area contributed by atoms with Gasteiger partial charge in [0.15, 0.2) is 0 Å². The van der Waals surface area contributed by atoms with E-state index < -0.39 is 35.6 Å². The van der Waals surface area contributed by atoms with Crippen LogP contribution >= 0.6 is 27.5 Å². The number of halogens is 2. The molecule has 10 heteroatoms. The number of alkyl halides is 1. The first kappa shape index (κ1) is 27.1. The second-order valence-corrected chi connectivity index (χ2v) is 11.1. The number of carbonyl (C=O) groups is 3. The number of rotatable bonds is 10. The lowest BCUT2D eigenvalue weighted by molar-refractivity contribution is -0.154. The molecule has 3 saturated heterocycles. The SMILES string of the molecule is C=CCN(C(=O)C1N(CCCCO)C(=O)[C@@H]2[C@@H](C(=O)OCC)[C@@H]3OC12CC3Br)c1c(C)cccc1Cl. The molecular formula is C26H32BrClN2O6. The van der Waals surface area contributed by atoms with E-state index in [1.807, 2.05) is 19.1 Å². The molecule has 2 bridgehead atoms. The summed E-state index contributed by atoms with van der Waals surface area (Å²) in [5, 5.41) is 9.74. The maximum absolute atomic E-state index is 14.4. The number of benzene rings is 1. The highest BCUT2D eigenvalue weighted by Crippen LogP contribution is 2.60. The number of unbranched alkanes of at least 4 members (excludes halogenated alkanes) is 1. The summed E-state index contributed by atoms with van der Waals surface area (Å²) in [6.07, 6.45) is 2.44. The van der Waals surface area contributed by atoms with Gasteiger partial charge in [-0.1, -0.05) is 45.7 Å². The molecule has 1 aromatic carbocycles. The largest absolute Gasteiger partial charge is 0.466 e. The van der Waals surface area contributed by atoms with Gasteiger partial charge in [-0.2, -0.15) is 0 Å². The summed E-state index contributed by atoms with van der Waals surface area (Å²) in [7, 11) is 0. The molecule has 0 saturated carbocycles. The average Bonchev–Trinajstić information content (AvgIpc) is 3.42. The Morgan fingerprint density at radius 3 is 2.81 bits per heavy atom. The zero-order valence-electron chi connectivity index (χ0n) is 20.5. The van der Waals surface area contributed by atoms with Crippen LogP contribution in [0, 0.1) is 18.8 Å². The number of hydrogen-bond acceptors (Lipinski definition) is 6. The van der Waals surface area contributed by atoms with Gasteiger partial charge in [-0.15, -0.1) is 6.58 Å². The third kappa shape index (κ3) is 4.27. The Bertz CT molecular complexity index is 1030. The molecule has 0 aromatic heterocycles. The summed E-state index contributed by atoms with van der Waals surface area (Å²) >= 11 is 10.2. The number of aliphatic hydroxyl groups excluding tert-OH is 1. The van der Waals surface area contributed by atoms with Gasteiger partial charge in [-0.3, -0.25) is 14.4 Å². The predicted octanol–water partition coefficient (Wildman–Crippen LogP) is 3.25. The van der Waals surface area contributed by atoms with Crippen LogP contribution in [-0.2, 0) is 23.9 Å². The highest BCUT2D eigenvalue weighted by atomic mass is 79.9. The minimum absolute atomic E-state index is 0.0237. The molecule has 3 heterocycles. The Kier molecular flexibility index (Phi) is 8.14. The molecule has 3 aliphatic rings. The van der Waals surface area contributed by atoms with Gasteiger partial charge >= 0.3 is 5.97 Å². The van der Waals surface area contributed by atoms with Crippen molar-refractivity contribution in [1.82, 2.24) is 4.90 Å². The summed E-state index contributed by atoms with van der Waals surface area (Å²) < 4.78 is 11.8. The van der Waals surface area contributed by atoms with Crippen LogP contribution in [0.15, 0.2) is 30.9 Å². The second kappa shape index (κ2) is 10.8. The zero-order chi connectivity index (χ0) is 26.2. The number of para-hydroxylation sites is 1. The monoisotopic (exact) mass is 582 g/mol. The molecule has 4 rings (SSSR count). The molecule has 0 aliphatic carbocycles. The van der Waals surface area contributed by atoms with Crippen LogP contribution in [0.3, 0.4) is 0 Å². The Morgan fingerprint density at radius 1 is 1.42 bits per heavy atom. The number of likely N-dealkylation sites (tertiary alicyclic amines) is 1. The number of aryl methyl sites for hydroxylation is 1. The van der Waals surface area contributed by atoms with Crippen molar-refractivity contribution >= 4 is 51.0 Å². The lowest BCUT2D eigenvalue weighted by atomic mass is 9.70. The minimum Gasteiger partial charge on any atom is -0.466 e. The number of carbonyl (C=O) groups excluding carboxylic acids is 3. The van der Waals surface area contributed by atoms with Crippen molar-refractivity contribution in [3.05, 3.63) is 41.4 Å². The number of ether oxygens (including phenoxy) is 2. The smallest absolute Gasteiger partial charge is 0.312 e. The third-order valence-corrected chi connectivity index (χ3v) is 8.57. The molecule has 36 heavy (non-hydrogen) atoms. The third-order valence-electron chi connectivity index (χ3n) is 7.43. The van der Waals surface area contributed by atoms with Crippen molar-refractivity contribution in [3.63, 3.8) is 0 Å². The Balaban J connectivity index is 1.81. The van der Waals surface area contributed by atoms with Crippen molar-refractivity contribution in [2.75, 3.05) is 31.2 Å². The topological polar surface area (TPSA) is 96.4 Å². The lowest BCUT2D eigenvalue weighted by Gasteiger charge is -2.37. The van der Waals surface area contributed by atoms with E-state index in [2.05, 4.69) is 22.5 Å². The van der Waals surface area contributed by atoms with Gasteiger partial charge in [0.2, 0.25) is 5.91 Å². The summed E-state index contributed by atoms with van der Waals surface area (Å²) in [6, 6.07) is 4.44. The van der Waals surface area contributed by atoms with Gasteiger partial charge in [0.1, 0.15) is 11.6 Å². The number of amides is 2. The molecule has 3 unspecified atom stereocenters. The van der Waals surface area contributed by atoms with Crippen LogP contribution in [0.1, 0.15) is 31.7 Å². The van der Waals surface area contributed by atoms with Crippen molar-refractivity contribution in [2.45, 2.75) is 55.7 Å². The molecule has 1 N–H and O–H groups in total. The van der Waals surface area contributed by atoms with E-state index in [1.54, 1.807) is 28.9 Å². The van der Waals surface area contributed by atoms with Crippen LogP contribution in [0.2, 0.25) is 5.02 Å². The fourth-order valence-electron chi connectivity index (χ4n) is 6.08. The maximum Gasteiger partial charge on any atom is 0.312 e. The number of esters is 1. The van der Waals surface area contributed by atoms with Crippen LogP contribution in [0.4, 0.5) is 5.69 Å². The summed E-state index contributed by atoms with van der Waals surface area (Å²) in [5.74, 6) is -2.74. The van der Waals surface area contributed by atoms with Crippen molar-refractivity contribution in [1.29, 1.82) is 0 Å². The number of nitrogens with zero attached hydrogens (tertiary/aromatic N) is 2. The molecule has 1 aromatic rings. The first-order chi connectivity index (χ1) is 17.2. The van der Waals surface area contributed by atoms with E-state index in [0.717, 1.165) is 5.56 Å². The highest BCUT2D eigenvalue weighted by molar-refractivity contribution is 9.09. The molecule has 0 radical (unpaired) electrons. The van der Waals surface area contributed by atoms with Crippen LogP contribution < -0.4 is 4.90 Å². The average molecular weight is 584 g/mol. The van der Waals surface area contributed by atoms with Crippen LogP contribution in [0.5, 0.6) is 0 Å². The zero-order valence-corrected chi connectivity index (χ0v) is 22.8. The standard InChI is InChI=1S/C26H32BrClN2O6/c1-4-11-29(20-15(3)9-8-10-17(20)28)24(33)22-26-14-16(27)21(36-26)18(25(34)35-5-2)19(26)23(32)30(22)12-6-7-13-31/h4,8-10,16,18-19,21-22,31H,1,5-7,11-14H2,2-3H3/t16?,18-,19+,21-,22?,26?/m1/s1. The van der Waals surface area contributed by atoms with Gasteiger partial charge in [0, 0.05) is 24.5 Å². The normalized spacial score (nSPS) is 30.4. The molecule has 1 spiro atoms. The predicted molar refractivity (Wildman–Crippen MR) is 139 cm³/mol. The molecule has 8 nitrogen and oxygen atoms in total. The van der Waals surface area contributed by atoms with E-state index >= 15 is 0 Å². The minimum atomic E-state index is -1.18. The second-order valence-electron chi connectivity index (χ2n) is 9.52. The van der Waals surface area contributed by atoms with Crippen LogP contribution in [0.25, 0.3) is 0 Å². The molecule has 3 aliphatic heterocycles. The van der Waals surface area contributed by atoms with Gasteiger partial charge in [0.25, 0.3) is 5.91 Å². The Morgan fingerprint density at radius 2 is 2.17 bits per heavy atom. The van der Waals surface area contributed by atoms with Gasteiger partial charge < -0.3 is 24.4 Å². The number of aliphatic hydroxyl groups is 1. The molecular weight excluding hydrogens is 552 g/mol. The van der Waals surface area contributed by atoms with Gasteiger partial charge in [0.05, 0.1) is 35.3 Å². The van der Waals surface area contributed by atoms with Crippen LogP contribution in [-0.4, -0.2) is 76.7 Å². The quantitative estimate of drug-likeness (QED) is 0.197. The maximum atomic E-state index is 14.4. The van der Waals surface area contributed by atoms with Crippen molar-refractivity contribution in [2.24, 2.45) is 11.8 Å². The summed E-state index contributed by atoms with van der Waals surface area (Å²) in [5.41, 5.74) is 0.178. The van der Waals surface area contributed by atoms with E-state index in [9.17, 15) is 19.5 Å². The molecule has 3 fully saturated rings. The number of fused-ring (bicyclic) bond motifs is 1. The van der Waals surface area contributed by atoms with E-state index in [1.165, 1.54) is 0 Å². The van der Waals surface area contributed by atoms with E-state index in [0.29, 0.717) is 30.0 Å². The lowest BCUT2D eigenvalue weighted by Crippen LogP contribution is -2.57. The molecule has 6 atom stereocenters. The number of hydrogen-bond donors (Lipinski definition) is 1. The summed E-state index contributed by atoms with van der Waals surface area (Å²) in [4.78, 5) is 44.2. The summed E-state index contributed by atoms with van der Waals surface area (Å²) in [6.45, 7) is 8.01. The van der Waals surface area contributed by atoms with E-state index in [4.69, 9.17) is 21.1 Å². The first-order valence-electron chi connectivity index (χ1n) is 12.3. The first-order valence-corrected chi connectivity index (χ1v) is 13.6. The van der Waals surface area contributed by atoms with Crippen molar-refractivity contribution in [3.8, 4) is 0 Å². The fraction of sp³-hybridized carbons (Fsp3) is 0.577. The number of anilines is 1. The fourth-order valence-corrected chi connectivity index (χ4v) is 7.35. The highest BCUT2D eigenvalue weighted by Gasteiger charge is 2.77. The Hall–Kier alpha value is -1.94. The van der Waals surface area contributed by atoms with Crippen molar-refractivity contribution < 1.29 is 29.0 Å². The molecule has 196 valence electrons. The Labute approximate surface area is 224 Å². The van der Waals surface area contributed by atoms with E-state index in [-0.39, 0.29) is 42.9 Å². The van der Waals surface area contributed by atoms with Gasteiger partial charge in [-0.25, -0.2) is 0 Å².